The van der Waals surface area contributed by atoms with E-state index in [4.69, 9.17) is 5.73 Å². The number of anilines is 1. The third kappa shape index (κ3) is 1.74. The Labute approximate surface area is 85.7 Å². The second-order valence-corrected chi connectivity index (χ2v) is 3.17. The van der Waals surface area contributed by atoms with Crippen LogP contribution in [0.3, 0.4) is 0 Å². The first-order chi connectivity index (χ1) is 7.18. The summed E-state index contributed by atoms with van der Waals surface area (Å²) in [4.78, 5) is 14.5. The minimum Gasteiger partial charge on any atom is -0.399 e. The van der Waals surface area contributed by atoms with Gasteiger partial charge in [-0.05, 0) is 24.3 Å². The zero-order valence-corrected chi connectivity index (χ0v) is 7.83. The minimum atomic E-state index is -0.596. The molecule has 1 aromatic heterocycles. The predicted molar refractivity (Wildman–Crippen MR) is 55.0 cm³/mol. The summed E-state index contributed by atoms with van der Waals surface area (Å²) in [7, 11) is 0. The molecular formula is C11H9FN2O. The van der Waals surface area contributed by atoms with Crippen LogP contribution in [-0.4, -0.2) is 10.8 Å². The van der Waals surface area contributed by atoms with Crippen LogP contribution in [0.25, 0.3) is 0 Å². The Morgan fingerprint density at radius 2 is 2.13 bits per heavy atom. The summed E-state index contributed by atoms with van der Waals surface area (Å²) < 4.78 is 13.4. The number of nitrogen functional groups attached to an aromatic ring is 1. The number of rotatable bonds is 2. The van der Waals surface area contributed by atoms with E-state index in [9.17, 15) is 9.18 Å². The van der Waals surface area contributed by atoms with Gasteiger partial charge in [0.15, 0.2) is 5.78 Å². The number of ketones is 1. The monoisotopic (exact) mass is 204 g/mol. The van der Waals surface area contributed by atoms with Gasteiger partial charge in [0, 0.05) is 23.6 Å². The lowest BCUT2D eigenvalue weighted by molar-refractivity contribution is 0.103. The van der Waals surface area contributed by atoms with Gasteiger partial charge >= 0.3 is 0 Å². The van der Waals surface area contributed by atoms with Crippen molar-refractivity contribution in [2.75, 3.05) is 5.73 Å². The highest BCUT2D eigenvalue weighted by Gasteiger charge is 2.13. The molecule has 2 aromatic rings. The van der Waals surface area contributed by atoms with Crippen molar-refractivity contribution in [1.29, 1.82) is 0 Å². The van der Waals surface area contributed by atoms with Gasteiger partial charge in [-0.2, -0.15) is 0 Å². The fourth-order valence-electron chi connectivity index (χ4n) is 1.34. The predicted octanol–water partition coefficient (Wildman–Crippen LogP) is 1.97. The van der Waals surface area contributed by atoms with E-state index in [1.54, 1.807) is 12.3 Å². The van der Waals surface area contributed by atoms with Gasteiger partial charge in [0.1, 0.15) is 5.82 Å². The molecule has 0 fully saturated rings. The summed E-state index contributed by atoms with van der Waals surface area (Å²) in [5, 5.41) is 0. The lowest BCUT2D eigenvalue weighted by Gasteiger charge is -2.01. The number of nitrogens with one attached hydrogen (secondary N) is 1. The van der Waals surface area contributed by atoms with E-state index in [1.807, 2.05) is 0 Å². The maximum atomic E-state index is 13.4. The molecule has 1 aromatic carbocycles. The molecule has 76 valence electrons. The van der Waals surface area contributed by atoms with Crippen LogP contribution >= 0.6 is 0 Å². The summed E-state index contributed by atoms with van der Waals surface area (Å²) in [6.45, 7) is 0. The van der Waals surface area contributed by atoms with Crippen molar-refractivity contribution in [2.45, 2.75) is 0 Å². The van der Waals surface area contributed by atoms with Gasteiger partial charge in [-0.25, -0.2) is 4.39 Å². The Morgan fingerprint density at radius 1 is 1.33 bits per heavy atom. The van der Waals surface area contributed by atoms with Gasteiger partial charge in [0.05, 0.1) is 5.56 Å². The molecule has 0 atom stereocenters. The normalized spacial score (nSPS) is 10.2. The molecule has 0 aliphatic carbocycles. The van der Waals surface area contributed by atoms with Gasteiger partial charge in [-0.15, -0.1) is 0 Å². The number of benzene rings is 1. The second kappa shape index (κ2) is 3.57. The topological polar surface area (TPSA) is 58.9 Å². The first-order valence-corrected chi connectivity index (χ1v) is 4.41. The van der Waals surface area contributed by atoms with Crippen LogP contribution in [0.1, 0.15) is 15.9 Å². The van der Waals surface area contributed by atoms with Crippen LogP contribution in [0.4, 0.5) is 10.1 Å². The summed E-state index contributed by atoms with van der Waals surface area (Å²) >= 11 is 0. The molecule has 3 nitrogen and oxygen atoms in total. The van der Waals surface area contributed by atoms with Crippen LogP contribution in [0.2, 0.25) is 0 Å². The summed E-state index contributed by atoms with van der Waals surface area (Å²) in [5.74, 6) is -0.949. The second-order valence-electron chi connectivity index (χ2n) is 3.17. The summed E-state index contributed by atoms with van der Waals surface area (Å²) in [6.07, 6.45) is 3.14. The highest BCUT2D eigenvalue weighted by atomic mass is 19.1. The SMILES string of the molecule is Nc1ccc(C(=O)c2cc[nH]c2)c(F)c1. The zero-order valence-electron chi connectivity index (χ0n) is 7.83. The Kier molecular flexibility index (Phi) is 2.25. The van der Waals surface area contributed by atoms with Gasteiger partial charge < -0.3 is 10.7 Å². The van der Waals surface area contributed by atoms with Gasteiger partial charge in [-0.1, -0.05) is 0 Å². The fourth-order valence-corrected chi connectivity index (χ4v) is 1.34. The van der Waals surface area contributed by atoms with E-state index in [1.165, 1.54) is 18.3 Å². The molecule has 0 unspecified atom stereocenters. The standard InChI is InChI=1S/C11H9FN2O/c12-10-5-8(13)1-2-9(10)11(15)7-3-4-14-6-7/h1-6,14H,13H2. The lowest BCUT2D eigenvalue weighted by Crippen LogP contribution is -2.03. The van der Waals surface area contributed by atoms with Crippen LogP contribution in [0, 0.1) is 5.82 Å². The van der Waals surface area contributed by atoms with Gasteiger partial charge in [0.25, 0.3) is 0 Å². The molecule has 0 amide bonds. The van der Waals surface area contributed by atoms with Crippen molar-refractivity contribution in [3.05, 3.63) is 53.6 Å². The number of carbonyl (C=O) groups excluding carboxylic acids is 1. The van der Waals surface area contributed by atoms with Crippen molar-refractivity contribution >= 4 is 11.5 Å². The summed E-state index contributed by atoms with van der Waals surface area (Å²) in [5.41, 5.74) is 6.15. The number of nitrogens with two attached hydrogens (primary N) is 1. The lowest BCUT2D eigenvalue weighted by atomic mass is 10.1. The number of hydrogen-bond acceptors (Lipinski definition) is 2. The van der Waals surface area contributed by atoms with Crippen molar-refractivity contribution in [3.63, 3.8) is 0 Å². The van der Waals surface area contributed by atoms with Crippen molar-refractivity contribution in [2.24, 2.45) is 0 Å². The van der Waals surface area contributed by atoms with Crippen LogP contribution in [-0.2, 0) is 0 Å². The van der Waals surface area contributed by atoms with Gasteiger partial charge in [0.2, 0.25) is 0 Å². The molecule has 0 aliphatic heterocycles. The van der Waals surface area contributed by atoms with Crippen molar-refractivity contribution in [3.8, 4) is 0 Å². The van der Waals surface area contributed by atoms with Crippen molar-refractivity contribution in [1.82, 2.24) is 4.98 Å². The molecular weight excluding hydrogens is 195 g/mol. The maximum Gasteiger partial charge on any atom is 0.197 e. The van der Waals surface area contributed by atoms with Crippen LogP contribution < -0.4 is 5.73 Å². The zero-order chi connectivity index (χ0) is 10.8. The molecule has 4 heteroatoms. The average molecular weight is 204 g/mol. The molecule has 0 saturated heterocycles. The Morgan fingerprint density at radius 3 is 2.73 bits per heavy atom. The van der Waals surface area contributed by atoms with E-state index in [2.05, 4.69) is 4.98 Å². The Balaban J connectivity index is 2.42. The van der Waals surface area contributed by atoms with E-state index in [0.29, 0.717) is 11.3 Å². The number of aromatic amines is 1. The number of halogens is 1. The molecule has 15 heavy (non-hydrogen) atoms. The number of carbonyl (C=O) groups is 1. The van der Waals surface area contributed by atoms with E-state index >= 15 is 0 Å². The molecule has 0 radical (unpaired) electrons. The Bertz CT molecular complexity index is 491. The van der Waals surface area contributed by atoms with Crippen molar-refractivity contribution < 1.29 is 9.18 Å². The minimum absolute atomic E-state index is 0.0313. The highest BCUT2D eigenvalue weighted by Crippen LogP contribution is 2.15. The van der Waals surface area contributed by atoms with Crippen LogP contribution in [0.5, 0.6) is 0 Å². The Hall–Kier alpha value is -2.10. The molecule has 1 heterocycles. The summed E-state index contributed by atoms with van der Waals surface area (Å²) in [6, 6.07) is 5.63. The smallest absolute Gasteiger partial charge is 0.197 e. The van der Waals surface area contributed by atoms with Crippen LogP contribution in [0.15, 0.2) is 36.7 Å². The first-order valence-electron chi connectivity index (χ1n) is 4.41. The molecule has 2 rings (SSSR count). The van der Waals surface area contributed by atoms with E-state index in [0.717, 1.165) is 6.07 Å². The molecule has 0 saturated carbocycles. The number of H-pyrrole nitrogens is 1. The number of aromatic nitrogens is 1. The number of hydrogen-bond donors (Lipinski definition) is 2. The maximum absolute atomic E-state index is 13.4. The third-order valence-corrected chi connectivity index (χ3v) is 2.10. The van der Waals surface area contributed by atoms with E-state index < -0.39 is 5.82 Å². The van der Waals surface area contributed by atoms with Gasteiger partial charge in [-0.3, -0.25) is 4.79 Å². The first kappa shape index (κ1) is 9.45. The fraction of sp³-hybridized carbons (Fsp3) is 0. The third-order valence-electron chi connectivity index (χ3n) is 2.10. The average Bonchev–Trinajstić information content (AvgIpc) is 2.69. The molecule has 0 spiro atoms. The molecule has 3 N–H and O–H groups in total. The van der Waals surface area contributed by atoms with E-state index in [-0.39, 0.29) is 11.3 Å². The molecule has 0 bridgehead atoms. The quantitative estimate of drug-likeness (QED) is 0.580. The largest absolute Gasteiger partial charge is 0.399 e. The highest BCUT2D eigenvalue weighted by molar-refractivity contribution is 6.09. The molecule has 0 aliphatic rings.